The largest absolute Gasteiger partial charge is 0.208 e. The maximum atomic E-state index is 5.19. The summed E-state index contributed by atoms with van der Waals surface area (Å²) in [6.45, 7) is 0. The van der Waals surface area contributed by atoms with Gasteiger partial charge in [0.25, 0.3) is 0 Å². The molecule has 3 aromatic heterocycles. The number of fused-ring (bicyclic) bond motifs is 20. The first-order chi connectivity index (χ1) is 25.7. The quantitative estimate of drug-likeness (QED) is 0.183. The van der Waals surface area contributed by atoms with Gasteiger partial charge in [0.2, 0.25) is 0 Å². The Bertz CT molecular complexity index is 3130. The molecule has 52 heavy (non-hydrogen) atoms. The van der Waals surface area contributed by atoms with Crippen molar-refractivity contribution in [2.45, 2.75) is 0 Å². The average molecular weight is 665 g/mol. The highest BCUT2D eigenvalue weighted by atomic mass is 15.0. The molecule has 0 unspecified atom stereocenters. The zero-order chi connectivity index (χ0) is 34.4. The van der Waals surface area contributed by atoms with Crippen LogP contribution in [0.2, 0.25) is 0 Å². The fraction of sp³-hybridized carbons (Fsp3) is 0. The zero-order valence-corrected chi connectivity index (χ0v) is 27.8. The second-order valence-corrected chi connectivity index (χ2v) is 12.8. The van der Waals surface area contributed by atoms with E-state index in [0.717, 1.165) is 65.0 Å². The molecule has 0 aliphatic heterocycles. The van der Waals surface area contributed by atoms with Crippen LogP contribution in [0.1, 0.15) is 0 Å². The van der Waals surface area contributed by atoms with Crippen molar-refractivity contribution in [3.8, 4) is 22.8 Å². The van der Waals surface area contributed by atoms with E-state index < -0.39 is 0 Å². The number of nitrogens with zero attached hydrogens (tertiary/aromatic N) is 6. The van der Waals surface area contributed by atoms with Crippen LogP contribution in [0, 0.1) is 0 Å². The maximum Gasteiger partial charge on any atom is 0.164 e. The Hall–Kier alpha value is -7.18. The van der Waals surface area contributed by atoms with Gasteiger partial charge in [-0.1, -0.05) is 140 Å². The molecule has 0 saturated carbocycles. The van der Waals surface area contributed by atoms with Crippen molar-refractivity contribution < 1.29 is 0 Å². The van der Waals surface area contributed by atoms with E-state index in [0.29, 0.717) is 34.2 Å². The smallest absolute Gasteiger partial charge is 0.164 e. The summed E-state index contributed by atoms with van der Waals surface area (Å²) in [4.78, 5) is 30.5. The van der Waals surface area contributed by atoms with E-state index in [1.165, 1.54) is 0 Å². The normalized spacial score (nSPS) is 11.5. The molecule has 6 nitrogen and oxygen atoms in total. The Morgan fingerprint density at radius 3 is 1.15 bits per heavy atom. The molecule has 0 spiro atoms. The van der Waals surface area contributed by atoms with Crippen LogP contribution in [0.3, 0.4) is 0 Å². The number of rotatable bonds is 2. The zero-order valence-electron chi connectivity index (χ0n) is 27.8. The van der Waals surface area contributed by atoms with Crippen molar-refractivity contribution in [2.75, 3.05) is 0 Å². The molecule has 12 bridgehead atoms. The van der Waals surface area contributed by atoms with Crippen LogP contribution in [-0.2, 0) is 0 Å². The number of benzene rings is 7. The van der Waals surface area contributed by atoms with Gasteiger partial charge in [-0.15, -0.1) is 0 Å². The van der Waals surface area contributed by atoms with Gasteiger partial charge in [0.15, 0.2) is 34.2 Å². The highest BCUT2D eigenvalue weighted by molar-refractivity contribution is 6.10. The Morgan fingerprint density at radius 1 is 0.231 bits per heavy atom. The summed E-state index contributed by atoms with van der Waals surface area (Å²) in [6.07, 6.45) is 0. The van der Waals surface area contributed by atoms with Crippen LogP contribution in [0.5, 0.6) is 0 Å². The van der Waals surface area contributed by atoms with Crippen LogP contribution in [0.25, 0.3) is 99.2 Å². The minimum absolute atomic E-state index is 0.606. The first-order valence-corrected chi connectivity index (χ1v) is 17.2. The van der Waals surface area contributed by atoms with E-state index in [9.17, 15) is 0 Å². The lowest BCUT2D eigenvalue weighted by Crippen LogP contribution is -1.94. The van der Waals surface area contributed by atoms with Crippen molar-refractivity contribution in [2.24, 2.45) is 0 Å². The van der Waals surface area contributed by atoms with Crippen LogP contribution >= 0.6 is 0 Å². The van der Waals surface area contributed by atoms with E-state index >= 15 is 0 Å². The Morgan fingerprint density at radius 2 is 0.615 bits per heavy atom. The average Bonchev–Trinajstić information content (AvgIpc) is 3.23. The number of hydrogen-bond acceptors (Lipinski definition) is 6. The van der Waals surface area contributed by atoms with Crippen LogP contribution in [-0.4, -0.2) is 29.9 Å². The molecule has 0 N–H and O–H groups in total. The summed E-state index contributed by atoms with van der Waals surface area (Å²) >= 11 is 0. The van der Waals surface area contributed by atoms with Gasteiger partial charge in [-0.2, -0.15) is 0 Å². The first kappa shape index (κ1) is 29.7. The maximum absolute atomic E-state index is 5.19. The topological polar surface area (TPSA) is 77.3 Å². The fourth-order valence-corrected chi connectivity index (χ4v) is 6.87. The molecule has 6 heteroatoms. The van der Waals surface area contributed by atoms with E-state index in [1.807, 2.05) is 66.7 Å². The summed E-state index contributed by atoms with van der Waals surface area (Å²) in [7, 11) is 0. The standard InChI is InChI=1S/C46H28N6/c1-3-12-29(13-4-1)41-47-43-35-20-9-17-31(24-35)32-18-10-21-36(25-32)45-49-42(30-14-5-2-6-15-30)51-46(52-45)40-28-38(27-34-16-7-8-23-39(34)40)33-19-11-22-37(26-33)44(48-41)50-43/h1-28H. The molecular formula is C46H28N6. The van der Waals surface area contributed by atoms with Gasteiger partial charge >= 0.3 is 0 Å². The molecule has 0 atom stereocenters. The van der Waals surface area contributed by atoms with E-state index in [1.54, 1.807) is 0 Å². The summed E-state index contributed by atoms with van der Waals surface area (Å²) < 4.78 is 0. The lowest BCUT2D eigenvalue weighted by Gasteiger charge is -2.07. The van der Waals surface area contributed by atoms with Crippen LogP contribution in [0.15, 0.2) is 170 Å². The van der Waals surface area contributed by atoms with Crippen molar-refractivity contribution in [1.29, 1.82) is 0 Å². The summed E-state index contributed by atoms with van der Waals surface area (Å²) in [5, 5.41) is 9.89. The minimum atomic E-state index is 0.606. The predicted octanol–water partition coefficient (Wildman–Crippen LogP) is 11.1. The molecule has 0 fully saturated rings. The van der Waals surface area contributed by atoms with Gasteiger partial charge in [-0.25, -0.2) is 29.9 Å². The lowest BCUT2D eigenvalue weighted by molar-refractivity contribution is 1.18. The van der Waals surface area contributed by atoms with Gasteiger partial charge in [0.05, 0.1) is 0 Å². The van der Waals surface area contributed by atoms with Crippen LogP contribution < -0.4 is 0 Å². The third-order valence-corrected chi connectivity index (χ3v) is 9.47. The summed E-state index contributed by atoms with van der Waals surface area (Å²) in [6, 6.07) is 58.1. The second-order valence-electron chi connectivity index (χ2n) is 12.8. The molecule has 242 valence electrons. The van der Waals surface area contributed by atoms with Crippen molar-refractivity contribution >= 4 is 76.5 Å². The molecule has 0 radical (unpaired) electrons. The van der Waals surface area contributed by atoms with Crippen LogP contribution in [0.4, 0.5) is 0 Å². The van der Waals surface area contributed by atoms with E-state index in [4.69, 9.17) is 29.9 Å². The SMILES string of the molecule is c1ccc(-c2nc3nc(n2)c2cccc(c2)c2cc4ccccc4c(c2)c2nc(-c4ccccc4)nc(n2)c2cccc(c2)c2cccc3c2)cc1. The molecule has 0 aliphatic rings. The third-order valence-electron chi connectivity index (χ3n) is 9.47. The van der Waals surface area contributed by atoms with Crippen molar-refractivity contribution in [3.63, 3.8) is 0 Å². The number of hydrogen-bond donors (Lipinski definition) is 0. The second kappa shape index (κ2) is 12.3. The fourth-order valence-electron chi connectivity index (χ4n) is 6.87. The Labute approximate surface area is 298 Å². The van der Waals surface area contributed by atoms with E-state index in [-0.39, 0.29) is 0 Å². The highest BCUT2D eigenvalue weighted by Crippen LogP contribution is 2.30. The predicted molar refractivity (Wildman–Crippen MR) is 213 cm³/mol. The molecule has 3 heterocycles. The Kier molecular flexibility index (Phi) is 7.03. The van der Waals surface area contributed by atoms with Gasteiger partial charge in [0, 0.05) is 32.7 Å². The Balaban J connectivity index is 1.43. The molecule has 0 aliphatic carbocycles. The molecular weight excluding hydrogens is 637 g/mol. The van der Waals surface area contributed by atoms with Gasteiger partial charge in [-0.05, 0) is 62.6 Å². The molecule has 0 saturated heterocycles. The minimum Gasteiger partial charge on any atom is -0.208 e. The first-order valence-electron chi connectivity index (χ1n) is 17.2. The highest BCUT2D eigenvalue weighted by Gasteiger charge is 2.10. The van der Waals surface area contributed by atoms with Gasteiger partial charge in [0.1, 0.15) is 0 Å². The summed E-state index contributed by atoms with van der Waals surface area (Å²) in [5.74, 6) is 1.24. The summed E-state index contributed by atoms with van der Waals surface area (Å²) in [5.41, 5.74) is 4.29. The van der Waals surface area contributed by atoms with Crippen molar-refractivity contribution in [3.05, 3.63) is 170 Å². The van der Waals surface area contributed by atoms with Crippen molar-refractivity contribution in [1.82, 2.24) is 29.9 Å². The number of aromatic nitrogens is 6. The molecule has 10 rings (SSSR count). The lowest BCUT2D eigenvalue weighted by atomic mass is 10.0. The van der Waals surface area contributed by atoms with E-state index in [2.05, 4.69) is 103 Å². The molecule has 0 amide bonds. The monoisotopic (exact) mass is 664 g/mol. The van der Waals surface area contributed by atoms with Gasteiger partial charge < -0.3 is 0 Å². The van der Waals surface area contributed by atoms with Gasteiger partial charge in [-0.3, -0.25) is 0 Å². The molecule has 7 aromatic carbocycles. The third kappa shape index (κ3) is 5.39. The molecule has 10 aromatic rings.